The van der Waals surface area contributed by atoms with Crippen molar-refractivity contribution < 1.29 is 4.79 Å². The molecule has 0 spiro atoms. The minimum absolute atomic E-state index is 0. The molecule has 5 heteroatoms. The lowest BCUT2D eigenvalue weighted by Gasteiger charge is -2.43. The van der Waals surface area contributed by atoms with Crippen LogP contribution in [-0.4, -0.2) is 5.91 Å². The summed E-state index contributed by atoms with van der Waals surface area (Å²) in [6, 6.07) is 16.0. The average Bonchev–Trinajstić information content (AvgIpc) is 2.50. The molecule has 0 aromatic heterocycles. The highest BCUT2D eigenvalue weighted by Gasteiger charge is 2.39. The summed E-state index contributed by atoms with van der Waals surface area (Å²) >= 11 is 3.52. The number of carbonyl (C=O) groups is 1. The smallest absolute Gasteiger partial charge is 0.221 e. The van der Waals surface area contributed by atoms with Gasteiger partial charge < -0.3 is 11.1 Å². The van der Waals surface area contributed by atoms with Crippen LogP contribution in [0.4, 0.5) is 5.69 Å². The summed E-state index contributed by atoms with van der Waals surface area (Å²) in [5.41, 5.74) is 8.73. The summed E-state index contributed by atoms with van der Waals surface area (Å²) in [6.45, 7) is 0. The molecule has 24 heavy (non-hydrogen) atoms. The molecule has 1 saturated carbocycles. The number of nitrogen functional groups attached to an aromatic ring is 1. The van der Waals surface area contributed by atoms with Crippen LogP contribution in [0, 0.1) is 0 Å². The molecule has 0 radical (unpaired) electrons. The van der Waals surface area contributed by atoms with Crippen LogP contribution < -0.4 is 11.1 Å². The van der Waals surface area contributed by atoms with Crippen LogP contribution in [0.2, 0.25) is 0 Å². The van der Waals surface area contributed by atoms with Gasteiger partial charge in [-0.25, -0.2) is 0 Å². The van der Waals surface area contributed by atoms with Crippen molar-refractivity contribution in [1.29, 1.82) is 0 Å². The number of halogens is 2. The van der Waals surface area contributed by atoms with E-state index in [1.54, 1.807) is 0 Å². The van der Waals surface area contributed by atoms with Gasteiger partial charge in [-0.2, -0.15) is 0 Å². The van der Waals surface area contributed by atoms with E-state index >= 15 is 0 Å². The van der Waals surface area contributed by atoms with Crippen LogP contribution in [0.1, 0.15) is 36.8 Å². The van der Waals surface area contributed by atoms with Crippen molar-refractivity contribution in [1.82, 2.24) is 5.32 Å². The molecule has 0 unspecified atom stereocenters. The van der Waals surface area contributed by atoms with Gasteiger partial charge in [0.15, 0.2) is 0 Å². The Labute approximate surface area is 157 Å². The van der Waals surface area contributed by atoms with Gasteiger partial charge >= 0.3 is 0 Å². The summed E-state index contributed by atoms with van der Waals surface area (Å²) in [7, 11) is 0. The first kappa shape index (κ1) is 18.8. The second kappa shape index (κ2) is 8.04. The third-order valence-corrected chi connectivity index (χ3v) is 5.13. The van der Waals surface area contributed by atoms with E-state index in [1.165, 1.54) is 5.56 Å². The van der Waals surface area contributed by atoms with Gasteiger partial charge in [0.05, 0.1) is 5.54 Å². The van der Waals surface area contributed by atoms with E-state index in [9.17, 15) is 4.79 Å². The molecule has 1 fully saturated rings. The summed E-state index contributed by atoms with van der Waals surface area (Å²) in [5.74, 6) is 0.0907. The lowest BCUT2D eigenvalue weighted by molar-refractivity contribution is -0.124. The molecule has 0 atom stereocenters. The monoisotopic (exact) mass is 408 g/mol. The molecule has 3 N–H and O–H groups in total. The Morgan fingerprint density at radius 2 is 1.92 bits per heavy atom. The minimum atomic E-state index is -0.191. The Morgan fingerprint density at radius 3 is 2.54 bits per heavy atom. The Balaban J connectivity index is 0.00000208. The number of nitrogens with one attached hydrogen (secondary N) is 1. The van der Waals surface area contributed by atoms with E-state index in [2.05, 4.69) is 33.4 Å². The van der Waals surface area contributed by atoms with Crippen LogP contribution in [0.3, 0.4) is 0 Å². The van der Waals surface area contributed by atoms with Crippen LogP contribution in [0.5, 0.6) is 0 Å². The number of rotatable bonds is 5. The van der Waals surface area contributed by atoms with Gasteiger partial charge in [0.1, 0.15) is 0 Å². The number of hydrogen-bond donors (Lipinski definition) is 2. The van der Waals surface area contributed by atoms with Gasteiger partial charge in [-0.05, 0) is 55.0 Å². The number of amides is 1. The summed E-state index contributed by atoms with van der Waals surface area (Å²) in [5, 5.41) is 3.26. The van der Waals surface area contributed by atoms with Crippen molar-refractivity contribution in [2.75, 3.05) is 5.73 Å². The van der Waals surface area contributed by atoms with Crippen LogP contribution in [0.25, 0.3) is 0 Å². The molecule has 0 aliphatic heterocycles. The molecule has 1 aliphatic rings. The fraction of sp³-hybridized carbons (Fsp3) is 0.316. The highest BCUT2D eigenvalue weighted by molar-refractivity contribution is 9.10. The van der Waals surface area contributed by atoms with E-state index in [0.29, 0.717) is 12.8 Å². The Bertz CT molecular complexity index is 716. The summed E-state index contributed by atoms with van der Waals surface area (Å²) < 4.78 is 1.05. The second-order valence-corrected chi connectivity index (χ2v) is 7.11. The van der Waals surface area contributed by atoms with E-state index in [1.807, 2.05) is 36.4 Å². The summed E-state index contributed by atoms with van der Waals surface area (Å²) in [6.07, 6.45) is 4.29. The number of nitrogens with two attached hydrogens (primary N) is 1. The lowest BCUT2D eigenvalue weighted by Crippen LogP contribution is -2.50. The largest absolute Gasteiger partial charge is 0.399 e. The third kappa shape index (κ3) is 4.11. The number of aryl methyl sites for hydroxylation is 1. The predicted octanol–water partition coefficient (Wildman–Crippen LogP) is 4.58. The molecule has 0 saturated heterocycles. The third-order valence-electron chi connectivity index (χ3n) is 4.64. The van der Waals surface area contributed by atoms with E-state index in [-0.39, 0.29) is 23.9 Å². The Kier molecular flexibility index (Phi) is 6.30. The maximum absolute atomic E-state index is 12.4. The molecule has 2 aromatic rings. The van der Waals surface area contributed by atoms with Crippen molar-refractivity contribution in [3.05, 3.63) is 64.1 Å². The predicted molar refractivity (Wildman–Crippen MR) is 104 cm³/mol. The Hall–Kier alpha value is -1.52. The zero-order valence-corrected chi connectivity index (χ0v) is 15.8. The van der Waals surface area contributed by atoms with Gasteiger partial charge in [-0.15, -0.1) is 12.4 Å². The molecule has 1 aliphatic carbocycles. The number of benzene rings is 2. The molecule has 2 aromatic carbocycles. The molecule has 1 amide bonds. The standard InChI is InChI=1S/C19H21BrN2O.ClH/c20-16-7-3-6-15(13-16)19(11-4-12-19)22-18(23)10-9-14-5-1-2-8-17(14)21;/h1-3,5-8,13H,4,9-12,21H2,(H,22,23);1H. The van der Waals surface area contributed by atoms with Crippen molar-refractivity contribution in [2.45, 2.75) is 37.6 Å². The van der Waals surface area contributed by atoms with Crippen LogP contribution in [0.15, 0.2) is 53.0 Å². The van der Waals surface area contributed by atoms with E-state index in [4.69, 9.17) is 5.73 Å². The van der Waals surface area contributed by atoms with E-state index in [0.717, 1.165) is 35.0 Å². The lowest BCUT2D eigenvalue weighted by atomic mass is 9.71. The fourth-order valence-electron chi connectivity index (χ4n) is 3.14. The van der Waals surface area contributed by atoms with Crippen LogP contribution >= 0.6 is 28.3 Å². The minimum Gasteiger partial charge on any atom is -0.399 e. The molecule has 128 valence electrons. The molecule has 0 bridgehead atoms. The first-order valence-electron chi connectivity index (χ1n) is 7.99. The van der Waals surface area contributed by atoms with Crippen LogP contribution in [-0.2, 0) is 16.8 Å². The van der Waals surface area contributed by atoms with Crippen molar-refractivity contribution in [3.8, 4) is 0 Å². The molecule has 3 nitrogen and oxygen atoms in total. The van der Waals surface area contributed by atoms with Crippen molar-refractivity contribution in [3.63, 3.8) is 0 Å². The molecular weight excluding hydrogens is 388 g/mol. The van der Waals surface area contributed by atoms with Gasteiger partial charge in [0.25, 0.3) is 0 Å². The van der Waals surface area contributed by atoms with Crippen molar-refractivity contribution in [2.24, 2.45) is 0 Å². The summed E-state index contributed by atoms with van der Waals surface area (Å²) in [4.78, 5) is 12.4. The molecule has 0 heterocycles. The van der Waals surface area contributed by atoms with Gasteiger partial charge in [-0.1, -0.05) is 46.3 Å². The van der Waals surface area contributed by atoms with Gasteiger partial charge in [-0.3, -0.25) is 4.79 Å². The SMILES string of the molecule is Cl.Nc1ccccc1CCC(=O)NC1(c2cccc(Br)c2)CCC1. The zero-order chi connectivity index (χ0) is 16.3. The van der Waals surface area contributed by atoms with Gasteiger partial charge in [0.2, 0.25) is 5.91 Å². The second-order valence-electron chi connectivity index (χ2n) is 6.19. The zero-order valence-electron chi connectivity index (χ0n) is 13.4. The topological polar surface area (TPSA) is 55.1 Å². The fourth-order valence-corrected chi connectivity index (χ4v) is 3.54. The number of carbonyl (C=O) groups excluding carboxylic acids is 1. The number of anilines is 1. The molecule has 3 rings (SSSR count). The number of hydrogen-bond acceptors (Lipinski definition) is 2. The average molecular weight is 410 g/mol. The normalized spacial score (nSPS) is 15.0. The number of para-hydroxylation sites is 1. The maximum atomic E-state index is 12.4. The van der Waals surface area contributed by atoms with Gasteiger partial charge in [0, 0.05) is 16.6 Å². The Morgan fingerprint density at radius 1 is 1.17 bits per heavy atom. The highest BCUT2D eigenvalue weighted by Crippen LogP contribution is 2.42. The first-order valence-corrected chi connectivity index (χ1v) is 8.79. The first-order chi connectivity index (χ1) is 11.1. The molecular formula is C19H22BrClN2O. The quantitative estimate of drug-likeness (QED) is 0.710. The highest BCUT2D eigenvalue weighted by atomic mass is 79.9. The van der Waals surface area contributed by atoms with E-state index < -0.39 is 0 Å². The van der Waals surface area contributed by atoms with Crippen molar-refractivity contribution >= 4 is 39.9 Å². The maximum Gasteiger partial charge on any atom is 0.221 e.